The summed E-state index contributed by atoms with van der Waals surface area (Å²) >= 11 is 1.23. The third kappa shape index (κ3) is 4.39. The van der Waals surface area contributed by atoms with Gasteiger partial charge in [-0.1, -0.05) is 24.0 Å². The van der Waals surface area contributed by atoms with Gasteiger partial charge in [0.1, 0.15) is 16.4 Å². The van der Waals surface area contributed by atoms with Crippen molar-refractivity contribution < 1.29 is 17.9 Å². The maximum absolute atomic E-state index is 12.1. The summed E-state index contributed by atoms with van der Waals surface area (Å²) in [4.78, 5) is 0.950. The molecule has 5 nitrogen and oxygen atoms in total. The summed E-state index contributed by atoms with van der Waals surface area (Å²) in [6.07, 6.45) is 0.842. The molecule has 2 heterocycles. The van der Waals surface area contributed by atoms with E-state index >= 15 is 0 Å². The van der Waals surface area contributed by atoms with E-state index in [0.717, 1.165) is 22.6 Å². The zero-order valence-electron chi connectivity index (χ0n) is 15.0. The largest absolute Gasteiger partial charge is 0.483 e. The highest BCUT2D eigenvalue weighted by molar-refractivity contribution is 7.91. The van der Waals surface area contributed by atoms with Gasteiger partial charge >= 0.3 is 0 Å². The third-order valence-electron chi connectivity index (χ3n) is 3.81. The number of para-hydroxylation sites is 1. The monoisotopic (exact) mass is 391 g/mol. The van der Waals surface area contributed by atoms with E-state index in [4.69, 9.17) is 9.47 Å². The van der Waals surface area contributed by atoms with Gasteiger partial charge in [0.25, 0.3) is 10.0 Å². The Morgan fingerprint density at radius 3 is 2.81 bits per heavy atom. The summed E-state index contributed by atoms with van der Waals surface area (Å²) in [6, 6.07) is 9.19. The van der Waals surface area contributed by atoms with E-state index in [2.05, 4.69) is 16.6 Å². The van der Waals surface area contributed by atoms with Crippen LogP contribution in [0, 0.1) is 18.8 Å². The number of thiophene rings is 1. The van der Waals surface area contributed by atoms with Crippen LogP contribution in [0.15, 0.2) is 34.5 Å². The Morgan fingerprint density at radius 1 is 1.27 bits per heavy atom. The smallest absolute Gasteiger partial charge is 0.250 e. The van der Waals surface area contributed by atoms with Crippen LogP contribution in [0.1, 0.15) is 24.3 Å². The molecule has 138 valence electrons. The standard InChI is InChI=1S/C19H21NO4S2/c1-14-9-10-17(25-14)26(21,22)20-11-4-5-12-23-16-8-6-7-15-13-19(2,3)24-18(15)16/h6-10,20H,11-13H2,1-3H3. The fraction of sp³-hybridized carbons (Fsp3) is 0.368. The lowest BCUT2D eigenvalue weighted by molar-refractivity contribution is 0.133. The number of benzene rings is 1. The summed E-state index contributed by atoms with van der Waals surface area (Å²) in [5.74, 6) is 7.03. The molecule has 7 heteroatoms. The van der Waals surface area contributed by atoms with Crippen LogP contribution in [0.3, 0.4) is 0 Å². The Hall–Kier alpha value is -2.01. The number of ether oxygens (including phenoxy) is 2. The molecule has 0 saturated carbocycles. The minimum Gasteiger partial charge on any atom is -0.483 e. The molecule has 1 aliphatic rings. The number of aryl methyl sites for hydroxylation is 1. The van der Waals surface area contributed by atoms with Crippen LogP contribution in [0.4, 0.5) is 0 Å². The van der Waals surface area contributed by atoms with E-state index < -0.39 is 10.0 Å². The van der Waals surface area contributed by atoms with E-state index in [1.54, 1.807) is 12.1 Å². The lowest BCUT2D eigenvalue weighted by Gasteiger charge is -2.17. The molecule has 0 amide bonds. The molecule has 2 aromatic rings. The van der Waals surface area contributed by atoms with Gasteiger partial charge in [0.05, 0.1) is 6.54 Å². The molecule has 1 N–H and O–H groups in total. The first kappa shape index (κ1) is 18.8. The average molecular weight is 392 g/mol. The minimum atomic E-state index is -3.49. The predicted molar refractivity (Wildman–Crippen MR) is 102 cm³/mol. The first-order chi connectivity index (χ1) is 12.3. The highest BCUT2D eigenvalue weighted by atomic mass is 32.2. The molecule has 3 rings (SSSR count). The first-order valence-electron chi connectivity index (χ1n) is 8.22. The topological polar surface area (TPSA) is 64.6 Å². The van der Waals surface area contributed by atoms with Gasteiger partial charge in [-0.2, -0.15) is 4.72 Å². The van der Waals surface area contributed by atoms with Crippen LogP contribution in [-0.4, -0.2) is 27.2 Å². The molecule has 0 saturated heterocycles. The van der Waals surface area contributed by atoms with Gasteiger partial charge < -0.3 is 9.47 Å². The molecule has 0 aliphatic carbocycles. The zero-order valence-corrected chi connectivity index (χ0v) is 16.6. The van der Waals surface area contributed by atoms with Crippen molar-refractivity contribution in [3.05, 3.63) is 40.8 Å². The molecule has 0 bridgehead atoms. The normalized spacial score (nSPS) is 14.9. The predicted octanol–water partition coefficient (Wildman–Crippen LogP) is 3.13. The van der Waals surface area contributed by atoms with E-state index in [9.17, 15) is 8.42 Å². The summed E-state index contributed by atoms with van der Waals surface area (Å²) < 4.78 is 38.5. The average Bonchev–Trinajstić information content (AvgIpc) is 3.13. The van der Waals surface area contributed by atoms with Crippen molar-refractivity contribution in [2.45, 2.75) is 37.0 Å². The van der Waals surface area contributed by atoms with Gasteiger partial charge in [-0.15, -0.1) is 11.3 Å². The van der Waals surface area contributed by atoms with Gasteiger partial charge in [0, 0.05) is 16.9 Å². The summed E-state index contributed by atoms with van der Waals surface area (Å²) in [6.45, 7) is 6.15. The fourth-order valence-corrected chi connectivity index (χ4v) is 4.94. The summed E-state index contributed by atoms with van der Waals surface area (Å²) in [5.41, 5.74) is 0.894. The molecule has 1 aliphatic heterocycles. The number of fused-ring (bicyclic) bond motifs is 1. The number of sulfonamides is 1. The highest BCUT2D eigenvalue weighted by Crippen LogP contribution is 2.41. The fourth-order valence-electron chi connectivity index (χ4n) is 2.69. The van der Waals surface area contributed by atoms with Crippen LogP contribution in [0.5, 0.6) is 11.5 Å². The molecule has 0 unspecified atom stereocenters. The van der Waals surface area contributed by atoms with Crippen LogP contribution in [-0.2, 0) is 16.4 Å². The maximum Gasteiger partial charge on any atom is 0.250 e. The molecule has 0 fully saturated rings. The maximum atomic E-state index is 12.1. The van der Waals surface area contributed by atoms with E-state index in [0.29, 0.717) is 9.96 Å². The second kappa shape index (κ2) is 7.31. The number of hydrogen-bond acceptors (Lipinski definition) is 5. The molecule has 0 atom stereocenters. The molecular formula is C19H21NO4S2. The molecule has 0 radical (unpaired) electrons. The Bertz CT molecular complexity index is 965. The van der Waals surface area contributed by atoms with Crippen LogP contribution < -0.4 is 14.2 Å². The van der Waals surface area contributed by atoms with Crippen molar-refractivity contribution in [1.29, 1.82) is 0 Å². The van der Waals surface area contributed by atoms with Crippen molar-refractivity contribution in [3.8, 4) is 23.3 Å². The van der Waals surface area contributed by atoms with Crippen molar-refractivity contribution >= 4 is 21.4 Å². The van der Waals surface area contributed by atoms with Crippen molar-refractivity contribution in [3.63, 3.8) is 0 Å². The van der Waals surface area contributed by atoms with E-state index in [1.807, 2.05) is 39.0 Å². The molecule has 26 heavy (non-hydrogen) atoms. The molecule has 1 aromatic carbocycles. The lowest BCUT2D eigenvalue weighted by Crippen LogP contribution is -2.24. The van der Waals surface area contributed by atoms with Crippen molar-refractivity contribution in [2.75, 3.05) is 13.2 Å². The highest BCUT2D eigenvalue weighted by Gasteiger charge is 2.32. The Labute approximate surface area is 158 Å². The molecule has 1 aromatic heterocycles. The second-order valence-corrected chi connectivity index (χ2v) is 9.90. The van der Waals surface area contributed by atoms with E-state index in [-0.39, 0.29) is 18.8 Å². The van der Waals surface area contributed by atoms with Crippen LogP contribution >= 0.6 is 11.3 Å². The molecule has 0 spiro atoms. The van der Waals surface area contributed by atoms with Gasteiger partial charge in [0.15, 0.2) is 11.5 Å². The Morgan fingerprint density at radius 2 is 2.08 bits per heavy atom. The Kier molecular flexibility index (Phi) is 5.28. The molecular weight excluding hydrogens is 370 g/mol. The van der Waals surface area contributed by atoms with E-state index in [1.165, 1.54) is 11.3 Å². The van der Waals surface area contributed by atoms with Gasteiger partial charge in [0.2, 0.25) is 0 Å². The van der Waals surface area contributed by atoms with Crippen LogP contribution in [0.2, 0.25) is 0 Å². The van der Waals surface area contributed by atoms with Gasteiger partial charge in [-0.3, -0.25) is 0 Å². The summed E-state index contributed by atoms with van der Waals surface area (Å²) in [7, 11) is -3.49. The first-order valence-corrected chi connectivity index (χ1v) is 10.5. The second-order valence-electron chi connectivity index (χ2n) is 6.61. The van der Waals surface area contributed by atoms with Gasteiger partial charge in [-0.05, 0) is 39.0 Å². The number of rotatable bonds is 5. The quantitative estimate of drug-likeness (QED) is 0.796. The number of nitrogens with one attached hydrogen (secondary N) is 1. The lowest BCUT2D eigenvalue weighted by atomic mass is 10.0. The SMILES string of the molecule is Cc1ccc(S(=O)(=O)NCC#CCOc2cccc3c2OC(C)(C)C3)s1. The van der Waals surface area contributed by atoms with Crippen molar-refractivity contribution in [1.82, 2.24) is 4.72 Å². The van der Waals surface area contributed by atoms with Crippen LogP contribution in [0.25, 0.3) is 0 Å². The summed E-state index contributed by atoms with van der Waals surface area (Å²) in [5, 5.41) is 0. The minimum absolute atomic E-state index is 0.0407. The number of hydrogen-bond donors (Lipinski definition) is 1. The van der Waals surface area contributed by atoms with Gasteiger partial charge in [-0.25, -0.2) is 8.42 Å². The zero-order chi connectivity index (χ0) is 18.8. The van der Waals surface area contributed by atoms with Crippen molar-refractivity contribution in [2.24, 2.45) is 0 Å². The third-order valence-corrected chi connectivity index (χ3v) is 6.70. The Balaban J connectivity index is 1.52.